The monoisotopic (exact) mass is 229 g/mol. The molecular formula is C11H13F2NO2. The van der Waals surface area contributed by atoms with Gasteiger partial charge in [0.2, 0.25) is 0 Å². The molecule has 2 atom stereocenters. The van der Waals surface area contributed by atoms with Crippen molar-refractivity contribution in [2.75, 3.05) is 5.32 Å². The number of hydrogen-bond acceptors (Lipinski definition) is 3. The number of rotatable bonds is 4. The Hall–Kier alpha value is -1.36. The van der Waals surface area contributed by atoms with Gasteiger partial charge in [0.25, 0.3) is 0 Å². The van der Waals surface area contributed by atoms with Crippen LogP contribution in [0, 0.1) is 0 Å². The summed E-state index contributed by atoms with van der Waals surface area (Å²) in [4.78, 5) is 0. The highest BCUT2D eigenvalue weighted by Gasteiger charge is 2.28. The summed E-state index contributed by atoms with van der Waals surface area (Å²) in [6.07, 6.45) is 1.33. The maximum Gasteiger partial charge on any atom is 0.387 e. The molecule has 2 rings (SSSR count). The molecule has 5 heteroatoms. The number of halogens is 2. The first-order valence-corrected chi connectivity index (χ1v) is 5.14. The van der Waals surface area contributed by atoms with Crippen LogP contribution in [0.1, 0.15) is 12.8 Å². The number of aliphatic hydroxyl groups is 1. The van der Waals surface area contributed by atoms with E-state index in [0.717, 1.165) is 12.8 Å². The summed E-state index contributed by atoms with van der Waals surface area (Å²) < 4.78 is 28.2. The van der Waals surface area contributed by atoms with Crippen molar-refractivity contribution in [1.82, 2.24) is 0 Å². The van der Waals surface area contributed by atoms with Crippen molar-refractivity contribution in [1.29, 1.82) is 0 Å². The Balaban J connectivity index is 1.98. The van der Waals surface area contributed by atoms with E-state index in [1.807, 2.05) is 0 Å². The largest absolute Gasteiger partial charge is 0.435 e. The van der Waals surface area contributed by atoms with E-state index < -0.39 is 6.61 Å². The fourth-order valence-corrected chi connectivity index (χ4v) is 1.63. The SMILES string of the molecule is O[C@H]1CC[C@@H]1Nc1cccc(OC(F)F)c1. The number of aliphatic hydroxyl groups excluding tert-OH is 1. The highest BCUT2D eigenvalue weighted by atomic mass is 19.3. The Morgan fingerprint density at radius 3 is 2.75 bits per heavy atom. The van der Waals surface area contributed by atoms with E-state index in [-0.39, 0.29) is 17.9 Å². The van der Waals surface area contributed by atoms with E-state index in [9.17, 15) is 13.9 Å². The zero-order valence-corrected chi connectivity index (χ0v) is 8.57. The third-order valence-electron chi connectivity index (χ3n) is 2.65. The van der Waals surface area contributed by atoms with Gasteiger partial charge in [-0.05, 0) is 25.0 Å². The van der Waals surface area contributed by atoms with Crippen LogP contribution in [0.4, 0.5) is 14.5 Å². The van der Waals surface area contributed by atoms with Crippen LogP contribution >= 0.6 is 0 Å². The number of nitrogens with one attached hydrogen (secondary N) is 1. The summed E-state index contributed by atoms with van der Waals surface area (Å²) in [5.74, 6) is 0.119. The van der Waals surface area contributed by atoms with Gasteiger partial charge in [0.1, 0.15) is 5.75 Å². The molecule has 2 N–H and O–H groups in total. The average molecular weight is 229 g/mol. The van der Waals surface area contributed by atoms with Crippen LogP contribution in [0.5, 0.6) is 5.75 Å². The molecule has 0 heterocycles. The van der Waals surface area contributed by atoms with Gasteiger partial charge in [-0.2, -0.15) is 8.78 Å². The Bertz CT molecular complexity index is 360. The minimum absolute atomic E-state index is 0.0156. The van der Waals surface area contributed by atoms with Gasteiger partial charge in [-0.15, -0.1) is 0 Å². The van der Waals surface area contributed by atoms with E-state index in [4.69, 9.17) is 0 Å². The van der Waals surface area contributed by atoms with Gasteiger partial charge >= 0.3 is 6.61 Å². The molecule has 1 aliphatic rings. The third-order valence-corrected chi connectivity index (χ3v) is 2.65. The van der Waals surface area contributed by atoms with E-state index in [2.05, 4.69) is 10.1 Å². The number of alkyl halides is 2. The lowest BCUT2D eigenvalue weighted by molar-refractivity contribution is -0.0498. The third kappa shape index (κ3) is 2.61. The Kier molecular flexibility index (Phi) is 3.24. The van der Waals surface area contributed by atoms with Gasteiger partial charge in [-0.1, -0.05) is 6.07 Å². The van der Waals surface area contributed by atoms with E-state index in [1.54, 1.807) is 12.1 Å². The fourth-order valence-electron chi connectivity index (χ4n) is 1.63. The molecule has 1 saturated carbocycles. The summed E-state index contributed by atoms with van der Waals surface area (Å²) >= 11 is 0. The summed E-state index contributed by atoms with van der Waals surface area (Å²) in [5.41, 5.74) is 0.682. The van der Waals surface area contributed by atoms with Crippen LogP contribution < -0.4 is 10.1 Å². The van der Waals surface area contributed by atoms with Crippen LogP contribution in [-0.2, 0) is 0 Å². The second-order valence-corrected chi connectivity index (χ2v) is 3.80. The molecule has 0 saturated heterocycles. The van der Waals surface area contributed by atoms with Gasteiger partial charge < -0.3 is 15.2 Å². The van der Waals surface area contributed by atoms with Crippen molar-refractivity contribution in [3.63, 3.8) is 0 Å². The molecule has 0 spiro atoms. The topological polar surface area (TPSA) is 41.5 Å². The molecule has 16 heavy (non-hydrogen) atoms. The maximum atomic E-state index is 12.0. The van der Waals surface area contributed by atoms with Gasteiger partial charge in [0, 0.05) is 11.8 Å². The molecular weight excluding hydrogens is 216 g/mol. The molecule has 0 aromatic heterocycles. The normalized spacial score (nSPS) is 24.0. The molecule has 1 aromatic rings. The van der Waals surface area contributed by atoms with Crippen molar-refractivity contribution in [3.05, 3.63) is 24.3 Å². The zero-order chi connectivity index (χ0) is 11.5. The molecule has 1 aromatic carbocycles. The molecule has 0 radical (unpaired) electrons. The summed E-state index contributed by atoms with van der Waals surface area (Å²) in [5, 5.41) is 12.4. The molecule has 88 valence electrons. The molecule has 0 bridgehead atoms. The smallest absolute Gasteiger partial charge is 0.387 e. The quantitative estimate of drug-likeness (QED) is 0.831. The number of anilines is 1. The summed E-state index contributed by atoms with van der Waals surface area (Å²) in [7, 11) is 0. The molecule has 3 nitrogen and oxygen atoms in total. The predicted molar refractivity (Wildman–Crippen MR) is 55.7 cm³/mol. The van der Waals surface area contributed by atoms with Crippen LogP contribution in [0.15, 0.2) is 24.3 Å². The fraction of sp³-hybridized carbons (Fsp3) is 0.455. The van der Waals surface area contributed by atoms with Crippen molar-refractivity contribution in [2.45, 2.75) is 31.6 Å². The molecule has 1 fully saturated rings. The number of ether oxygens (including phenoxy) is 1. The van der Waals surface area contributed by atoms with Crippen LogP contribution in [0.3, 0.4) is 0 Å². The lowest BCUT2D eigenvalue weighted by atomic mass is 9.89. The van der Waals surface area contributed by atoms with Crippen LogP contribution in [0.2, 0.25) is 0 Å². The van der Waals surface area contributed by atoms with Crippen molar-refractivity contribution in [3.8, 4) is 5.75 Å². The van der Waals surface area contributed by atoms with Crippen molar-refractivity contribution in [2.24, 2.45) is 0 Å². The first-order valence-electron chi connectivity index (χ1n) is 5.14. The first kappa shape index (κ1) is 11.1. The minimum atomic E-state index is -2.82. The Morgan fingerprint density at radius 1 is 1.38 bits per heavy atom. The number of hydrogen-bond donors (Lipinski definition) is 2. The first-order chi connectivity index (χ1) is 7.65. The van der Waals surface area contributed by atoms with E-state index in [1.165, 1.54) is 12.1 Å². The highest BCUT2D eigenvalue weighted by Crippen LogP contribution is 2.26. The highest BCUT2D eigenvalue weighted by molar-refractivity contribution is 5.49. The number of benzene rings is 1. The molecule has 1 aliphatic carbocycles. The molecule has 0 amide bonds. The lowest BCUT2D eigenvalue weighted by Crippen LogP contribution is -2.42. The summed E-state index contributed by atoms with van der Waals surface area (Å²) in [6, 6.07) is 6.36. The van der Waals surface area contributed by atoms with Gasteiger partial charge in [0.05, 0.1) is 12.1 Å². The molecule has 0 aliphatic heterocycles. The van der Waals surface area contributed by atoms with Crippen molar-refractivity contribution < 1.29 is 18.6 Å². The summed E-state index contributed by atoms with van der Waals surface area (Å²) in [6.45, 7) is -2.82. The zero-order valence-electron chi connectivity index (χ0n) is 8.57. The van der Waals surface area contributed by atoms with Gasteiger partial charge in [0.15, 0.2) is 0 Å². The van der Waals surface area contributed by atoms with Crippen LogP contribution in [0.25, 0.3) is 0 Å². The van der Waals surface area contributed by atoms with E-state index >= 15 is 0 Å². The predicted octanol–water partition coefficient (Wildman–Crippen LogP) is 2.22. The average Bonchev–Trinajstić information content (AvgIpc) is 2.23. The second kappa shape index (κ2) is 4.65. The van der Waals surface area contributed by atoms with Gasteiger partial charge in [-0.25, -0.2) is 0 Å². The minimum Gasteiger partial charge on any atom is -0.435 e. The second-order valence-electron chi connectivity index (χ2n) is 3.80. The van der Waals surface area contributed by atoms with E-state index in [0.29, 0.717) is 5.69 Å². The van der Waals surface area contributed by atoms with Crippen LogP contribution in [-0.4, -0.2) is 23.9 Å². The maximum absolute atomic E-state index is 12.0. The Morgan fingerprint density at radius 2 is 2.19 bits per heavy atom. The Labute approximate surface area is 92.0 Å². The lowest BCUT2D eigenvalue weighted by Gasteiger charge is -2.33. The van der Waals surface area contributed by atoms with Gasteiger partial charge in [-0.3, -0.25) is 0 Å². The molecule has 0 unspecified atom stereocenters. The van der Waals surface area contributed by atoms with Crippen molar-refractivity contribution >= 4 is 5.69 Å². The standard InChI is InChI=1S/C11H13F2NO2/c12-11(13)16-8-3-1-2-7(6-8)14-9-4-5-10(9)15/h1-3,6,9-11,14-15H,4-5H2/t9-,10-/m0/s1.